The molecule has 3 aromatic rings. The zero-order valence-corrected chi connectivity index (χ0v) is 16.3. The fourth-order valence-electron chi connectivity index (χ4n) is 2.95. The van der Waals surface area contributed by atoms with E-state index in [-0.39, 0.29) is 11.4 Å². The van der Waals surface area contributed by atoms with Gasteiger partial charge in [-0.3, -0.25) is 4.79 Å². The Balaban J connectivity index is 1.60. The maximum Gasteiger partial charge on any atom is 0.342 e. The molecule has 0 spiro atoms. The van der Waals surface area contributed by atoms with Crippen molar-refractivity contribution in [1.82, 2.24) is 5.32 Å². The molecule has 6 heteroatoms. The van der Waals surface area contributed by atoms with Crippen LogP contribution in [0.25, 0.3) is 10.8 Å². The van der Waals surface area contributed by atoms with Gasteiger partial charge in [0.25, 0.3) is 5.91 Å². The molecule has 0 aliphatic carbocycles. The second-order valence-electron chi connectivity index (χ2n) is 6.61. The summed E-state index contributed by atoms with van der Waals surface area (Å²) in [5.41, 5.74) is 1.16. The molecule has 0 aliphatic heterocycles. The van der Waals surface area contributed by atoms with Crippen molar-refractivity contribution in [2.24, 2.45) is 0 Å². The molecule has 3 rings (SSSR count). The van der Waals surface area contributed by atoms with Gasteiger partial charge in [-0.1, -0.05) is 36.4 Å². The first-order valence-electron chi connectivity index (χ1n) is 9.28. The van der Waals surface area contributed by atoms with E-state index >= 15 is 0 Å². The average molecular weight is 395 g/mol. The molecule has 0 unspecified atom stereocenters. The number of hydrogen-bond donors (Lipinski definition) is 1. The number of methoxy groups -OCH3 is 1. The molecule has 0 radical (unpaired) electrons. The lowest BCUT2D eigenvalue weighted by atomic mass is 10.1. The van der Waals surface area contributed by atoms with Crippen LogP contribution in [0.15, 0.2) is 60.7 Å². The van der Waals surface area contributed by atoms with Crippen LogP contribution in [0.2, 0.25) is 0 Å². The number of rotatable bonds is 7. The van der Waals surface area contributed by atoms with Crippen LogP contribution in [0, 0.1) is 5.82 Å². The Morgan fingerprint density at radius 3 is 2.34 bits per heavy atom. The highest BCUT2D eigenvalue weighted by Gasteiger charge is 2.21. The Labute approximate surface area is 168 Å². The standard InChI is InChI=1S/C23H22FNO4/c1-15(22(26)25-12-11-16-7-9-19(24)10-8-16)29-23(27)20-13-17-5-3-4-6-18(17)14-21(20)28-2/h3-10,13-15H,11-12H2,1-2H3,(H,25,26)/t15-/m0/s1. The number of fused-ring (bicyclic) bond motifs is 1. The lowest BCUT2D eigenvalue weighted by Gasteiger charge is -2.15. The van der Waals surface area contributed by atoms with Crippen molar-refractivity contribution in [3.63, 3.8) is 0 Å². The normalized spacial score (nSPS) is 11.7. The van der Waals surface area contributed by atoms with Crippen LogP contribution in [-0.2, 0) is 16.0 Å². The molecule has 1 amide bonds. The molecular weight excluding hydrogens is 373 g/mol. The summed E-state index contributed by atoms with van der Waals surface area (Å²) < 4.78 is 23.6. The average Bonchev–Trinajstić information content (AvgIpc) is 2.73. The number of hydrogen-bond acceptors (Lipinski definition) is 4. The fourth-order valence-corrected chi connectivity index (χ4v) is 2.95. The highest BCUT2D eigenvalue weighted by atomic mass is 19.1. The van der Waals surface area contributed by atoms with E-state index in [1.54, 1.807) is 24.3 Å². The Hall–Kier alpha value is -3.41. The Morgan fingerprint density at radius 2 is 1.69 bits per heavy atom. The van der Waals surface area contributed by atoms with E-state index < -0.39 is 18.0 Å². The third kappa shape index (κ3) is 5.10. The molecule has 0 aromatic heterocycles. The van der Waals surface area contributed by atoms with Gasteiger partial charge in [0.2, 0.25) is 0 Å². The number of carbonyl (C=O) groups is 2. The first-order chi connectivity index (χ1) is 14.0. The molecule has 0 saturated carbocycles. The summed E-state index contributed by atoms with van der Waals surface area (Å²) in [5.74, 6) is -0.950. The first kappa shape index (κ1) is 20.3. The Bertz CT molecular complexity index is 1020. The summed E-state index contributed by atoms with van der Waals surface area (Å²) in [7, 11) is 1.48. The van der Waals surface area contributed by atoms with Gasteiger partial charge in [0.1, 0.15) is 17.1 Å². The number of carbonyl (C=O) groups excluding carboxylic acids is 2. The minimum Gasteiger partial charge on any atom is -0.496 e. The van der Waals surface area contributed by atoms with E-state index in [1.807, 2.05) is 24.3 Å². The van der Waals surface area contributed by atoms with Gasteiger partial charge in [0.15, 0.2) is 6.10 Å². The molecule has 0 bridgehead atoms. The van der Waals surface area contributed by atoms with Crippen molar-refractivity contribution in [3.8, 4) is 5.75 Å². The first-order valence-corrected chi connectivity index (χ1v) is 9.28. The molecule has 0 aliphatic rings. The van der Waals surface area contributed by atoms with Crippen LogP contribution < -0.4 is 10.1 Å². The number of benzene rings is 3. The molecular formula is C23H22FNO4. The van der Waals surface area contributed by atoms with E-state index in [4.69, 9.17) is 9.47 Å². The van der Waals surface area contributed by atoms with Gasteiger partial charge in [-0.15, -0.1) is 0 Å². The molecule has 150 valence electrons. The van der Waals surface area contributed by atoms with E-state index in [0.717, 1.165) is 16.3 Å². The van der Waals surface area contributed by atoms with E-state index in [9.17, 15) is 14.0 Å². The molecule has 5 nitrogen and oxygen atoms in total. The van der Waals surface area contributed by atoms with Crippen molar-refractivity contribution < 1.29 is 23.5 Å². The van der Waals surface area contributed by atoms with Crippen molar-refractivity contribution in [1.29, 1.82) is 0 Å². The number of ether oxygens (including phenoxy) is 2. The van der Waals surface area contributed by atoms with Gasteiger partial charge in [-0.25, -0.2) is 9.18 Å². The van der Waals surface area contributed by atoms with Crippen molar-refractivity contribution >= 4 is 22.6 Å². The Kier molecular flexibility index (Phi) is 6.44. The molecule has 0 heterocycles. The van der Waals surface area contributed by atoms with Crippen molar-refractivity contribution in [3.05, 3.63) is 77.6 Å². The smallest absolute Gasteiger partial charge is 0.342 e. The third-order valence-corrected chi connectivity index (χ3v) is 4.57. The summed E-state index contributed by atoms with van der Waals surface area (Å²) in [6, 6.07) is 17.1. The molecule has 29 heavy (non-hydrogen) atoms. The van der Waals surface area contributed by atoms with Crippen molar-refractivity contribution in [2.45, 2.75) is 19.4 Å². The zero-order chi connectivity index (χ0) is 20.8. The maximum atomic E-state index is 12.9. The van der Waals surface area contributed by atoms with E-state index in [0.29, 0.717) is 18.7 Å². The predicted molar refractivity (Wildman–Crippen MR) is 108 cm³/mol. The lowest BCUT2D eigenvalue weighted by molar-refractivity contribution is -0.129. The van der Waals surface area contributed by atoms with Gasteiger partial charge in [-0.05, 0) is 53.9 Å². The topological polar surface area (TPSA) is 64.6 Å². The van der Waals surface area contributed by atoms with E-state index in [1.165, 1.54) is 26.2 Å². The monoisotopic (exact) mass is 395 g/mol. The van der Waals surface area contributed by atoms with Gasteiger partial charge in [0, 0.05) is 6.54 Å². The summed E-state index contributed by atoms with van der Waals surface area (Å²) in [4.78, 5) is 24.8. The molecule has 3 aromatic carbocycles. The van der Waals surface area contributed by atoms with E-state index in [2.05, 4.69) is 5.32 Å². The number of nitrogens with one attached hydrogen (secondary N) is 1. The zero-order valence-electron chi connectivity index (χ0n) is 16.3. The SMILES string of the molecule is COc1cc2ccccc2cc1C(=O)O[C@@H](C)C(=O)NCCc1ccc(F)cc1. The fraction of sp³-hybridized carbons (Fsp3) is 0.217. The number of halogens is 1. The number of esters is 1. The lowest BCUT2D eigenvalue weighted by Crippen LogP contribution is -2.37. The predicted octanol–water partition coefficient (Wildman–Crippen LogP) is 3.89. The molecule has 1 N–H and O–H groups in total. The summed E-state index contributed by atoms with van der Waals surface area (Å²) in [6.07, 6.45) is -0.419. The maximum absolute atomic E-state index is 12.9. The molecule has 0 saturated heterocycles. The van der Waals surface area contributed by atoms with Crippen LogP contribution >= 0.6 is 0 Å². The van der Waals surface area contributed by atoms with Crippen LogP contribution in [0.5, 0.6) is 5.75 Å². The third-order valence-electron chi connectivity index (χ3n) is 4.57. The summed E-state index contributed by atoms with van der Waals surface area (Å²) in [6.45, 7) is 1.87. The highest BCUT2D eigenvalue weighted by molar-refractivity contribution is 5.99. The summed E-state index contributed by atoms with van der Waals surface area (Å²) >= 11 is 0. The van der Waals surface area contributed by atoms with Crippen LogP contribution in [-0.4, -0.2) is 31.6 Å². The second-order valence-corrected chi connectivity index (χ2v) is 6.61. The quantitative estimate of drug-likeness (QED) is 0.617. The highest BCUT2D eigenvalue weighted by Crippen LogP contribution is 2.26. The summed E-state index contributed by atoms with van der Waals surface area (Å²) in [5, 5.41) is 4.53. The van der Waals surface area contributed by atoms with Gasteiger partial charge < -0.3 is 14.8 Å². The van der Waals surface area contributed by atoms with Gasteiger partial charge in [-0.2, -0.15) is 0 Å². The minimum atomic E-state index is -0.966. The van der Waals surface area contributed by atoms with Gasteiger partial charge in [0.05, 0.1) is 7.11 Å². The van der Waals surface area contributed by atoms with Crippen molar-refractivity contribution in [2.75, 3.05) is 13.7 Å². The number of amides is 1. The second kappa shape index (κ2) is 9.19. The molecule has 1 atom stereocenters. The van der Waals surface area contributed by atoms with Crippen LogP contribution in [0.1, 0.15) is 22.8 Å². The van der Waals surface area contributed by atoms with Gasteiger partial charge >= 0.3 is 5.97 Å². The minimum absolute atomic E-state index is 0.261. The van der Waals surface area contributed by atoms with Crippen LogP contribution in [0.3, 0.4) is 0 Å². The Morgan fingerprint density at radius 1 is 1.03 bits per heavy atom. The largest absolute Gasteiger partial charge is 0.496 e. The molecule has 0 fully saturated rings. The van der Waals surface area contributed by atoms with Crippen LogP contribution in [0.4, 0.5) is 4.39 Å².